The van der Waals surface area contributed by atoms with Crippen molar-refractivity contribution < 1.29 is 0 Å². The first kappa shape index (κ1) is 11.0. The molecule has 1 fully saturated rings. The van der Waals surface area contributed by atoms with Crippen LogP contribution in [0.2, 0.25) is 0 Å². The lowest BCUT2D eigenvalue weighted by atomic mass is 10.4. The summed E-state index contributed by atoms with van der Waals surface area (Å²) in [5.74, 6) is 2.68. The summed E-state index contributed by atoms with van der Waals surface area (Å²) in [6.45, 7) is 3.09. The zero-order valence-electron chi connectivity index (χ0n) is 8.69. The molecule has 0 aromatic carbocycles. The third-order valence-corrected chi connectivity index (χ3v) is 3.50. The van der Waals surface area contributed by atoms with Crippen LogP contribution in [0.25, 0.3) is 0 Å². The zero-order chi connectivity index (χ0) is 10.7. The van der Waals surface area contributed by atoms with Crippen molar-refractivity contribution in [3.63, 3.8) is 0 Å². The van der Waals surface area contributed by atoms with E-state index in [2.05, 4.69) is 21.7 Å². The van der Waals surface area contributed by atoms with E-state index >= 15 is 0 Å². The Morgan fingerprint density at radius 1 is 1.53 bits per heavy atom. The van der Waals surface area contributed by atoms with Crippen molar-refractivity contribution in [3.8, 4) is 0 Å². The Balaban J connectivity index is 2.08. The van der Waals surface area contributed by atoms with Gasteiger partial charge in [0.05, 0.1) is 0 Å². The van der Waals surface area contributed by atoms with E-state index in [0.717, 1.165) is 23.3 Å². The molecule has 1 aromatic rings. The Morgan fingerprint density at radius 3 is 2.93 bits per heavy atom. The van der Waals surface area contributed by atoms with E-state index in [1.54, 1.807) is 17.3 Å². The summed E-state index contributed by atoms with van der Waals surface area (Å²) in [5.41, 5.74) is 1.54. The fourth-order valence-electron chi connectivity index (χ4n) is 1.51. The number of hydrogen-bond acceptors (Lipinski definition) is 3. The van der Waals surface area contributed by atoms with Gasteiger partial charge in [0.25, 0.3) is 0 Å². The molecule has 0 saturated heterocycles. The maximum Gasteiger partial charge on any atom is 0.191 e. The lowest BCUT2D eigenvalue weighted by molar-refractivity contribution is 0.644. The van der Waals surface area contributed by atoms with Gasteiger partial charge in [-0.3, -0.25) is 0 Å². The molecule has 1 aliphatic carbocycles. The van der Waals surface area contributed by atoms with Gasteiger partial charge in [0.2, 0.25) is 0 Å². The molecule has 5 heteroatoms. The number of thioether (sulfide) groups is 1. The minimum Gasteiger partial charge on any atom is -0.306 e. The lowest BCUT2D eigenvalue weighted by Crippen LogP contribution is -2.01. The fraction of sp³-hybridized carbons (Fsp3) is 0.600. The van der Waals surface area contributed by atoms with E-state index < -0.39 is 0 Å². The van der Waals surface area contributed by atoms with Crippen molar-refractivity contribution >= 4 is 23.4 Å². The Morgan fingerprint density at radius 2 is 2.33 bits per heavy atom. The predicted molar refractivity (Wildman–Crippen MR) is 63.4 cm³/mol. The van der Waals surface area contributed by atoms with Gasteiger partial charge in [-0.2, -0.15) is 0 Å². The standard InChI is InChI=1S/C10H14ClN3S/c1-2-14-9(8-4-5-8)12-13-10(14)15-7-3-6-11/h3,6,8H,2,4-5,7H2,1H3. The van der Waals surface area contributed by atoms with Crippen LogP contribution in [0.1, 0.15) is 31.5 Å². The third-order valence-electron chi connectivity index (χ3n) is 2.40. The monoisotopic (exact) mass is 243 g/mol. The highest BCUT2D eigenvalue weighted by Crippen LogP contribution is 2.39. The van der Waals surface area contributed by atoms with E-state index in [1.165, 1.54) is 12.8 Å². The highest BCUT2D eigenvalue weighted by molar-refractivity contribution is 7.99. The minimum atomic E-state index is 0.662. The van der Waals surface area contributed by atoms with Gasteiger partial charge in [0.1, 0.15) is 5.82 Å². The Hall–Kier alpha value is -0.480. The molecule has 0 atom stereocenters. The van der Waals surface area contributed by atoms with Gasteiger partial charge in [-0.25, -0.2) is 0 Å². The number of nitrogens with zero attached hydrogens (tertiary/aromatic N) is 3. The zero-order valence-corrected chi connectivity index (χ0v) is 10.3. The first-order valence-corrected chi connectivity index (χ1v) is 6.60. The molecule has 0 bridgehead atoms. The minimum absolute atomic E-state index is 0.662. The van der Waals surface area contributed by atoms with Crippen LogP contribution in [0.15, 0.2) is 16.8 Å². The van der Waals surface area contributed by atoms with Crippen LogP contribution in [0, 0.1) is 0 Å². The van der Waals surface area contributed by atoms with Crippen LogP contribution in [-0.2, 0) is 6.54 Å². The molecular formula is C10H14ClN3S. The molecule has 1 aromatic heterocycles. The van der Waals surface area contributed by atoms with Crippen LogP contribution in [0.4, 0.5) is 0 Å². The Labute approximate surface area is 98.9 Å². The molecule has 0 N–H and O–H groups in total. The molecule has 1 heterocycles. The topological polar surface area (TPSA) is 30.7 Å². The van der Waals surface area contributed by atoms with E-state index in [0.29, 0.717) is 5.92 Å². The average Bonchev–Trinajstić information content (AvgIpc) is 3.01. The van der Waals surface area contributed by atoms with Crippen molar-refractivity contribution in [1.82, 2.24) is 14.8 Å². The molecule has 15 heavy (non-hydrogen) atoms. The SMILES string of the molecule is CCn1c(SCC=CCl)nnc1C1CC1. The fourth-order valence-corrected chi connectivity index (χ4v) is 2.52. The molecule has 2 rings (SSSR count). The second-order valence-corrected chi connectivity index (χ2v) is 4.77. The lowest BCUT2D eigenvalue weighted by Gasteiger charge is -2.04. The van der Waals surface area contributed by atoms with Crippen LogP contribution in [0.3, 0.4) is 0 Å². The predicted octanol–water partition coefficient (Wildman–Crippen LogP) is 3.02. The average molecular weight is 244 g/mol. The summed E-state index contributed by atoms with van der Waals surface area (Å²) in [4.78, 5) is 0. The highest BCUT2D eigenvalue weighted by atomic mass is 35.5. The molecule has 1 aliphatic rings. The van der Waals surface area contributed by atoms with Gasteiger partial charge in [-0.05, 0) is 19.8 Å². The van der Waals surface area contributed by atoms with Gasteiger partial charge in [-0.1, -0.05) is 29.4 Å². The van der Waals surface area contributed by atoms with E-state index in [4.69, 9.17) is 11.6 Å². The van der Waals surface area contributed by atoms with Gasteiger partial charge in [-0.15, -0.1) is 10.2 Å². The van der Waals surface area contributed by atoms with Crippen molar-refractivity contribution in [1.29, 1.82) is 0 Å². The van der Waals surface area contributed by atoms with E-state index in [9.17, 15) is 0 Å². The molecular weight excluding hydrogens is 230 g/mol. The number of rotatable bonds is 5. The van der Waals surface area contributed by atoms with Crippen molar-refractivity contribution in [2.24, 2.45) is 0 Å². The molecule has 0 spiro atoms. The number of halogens is 1. The first-order valence-electron chi connectivity index (χ1n) is 5.18. The second-order valence-electron chi connectivity index (χ2n) is 3.53. The summed E-state index contributed by atoms with van der Waals surface area (Å²) in [5, 5.41) is 9.49. The quantitative estimate of drug-likeness (QED) is 0.745. The number of aromatic nitrogens is 3. The van der Waals surface area contributed by atoms with Crippen molar-refractivity contribution in [3.05, 3.63) is 17.4 Å². The second kappa shape index (κ2) is 5.03. The summed E-state index contributed by atoms with van der Waals surface area (Å²) in [6.07, 6.45) is 4.45. The summed E-state index contributed by atoms with van der Waals surface area (Å²) in [7, 11) is 0. The van der Waals surface area contributed by atoms with Gasteiger partial charge >= 0.3 is 0 Å². The van der Waals surface area contributed by atoms with E-state index in [1.807, 2.05) is 6.08 Å². The maximum atomic E-state index is 5.47. The van der Waals surface area contributed by atoms with Crippen LogP contribution < -0.4 is 0 Å². The Bertz CT molecular complexity index is 358. The first-order chi connectivity index (χ1) is 7.36. The van der Waals surface area contributed by atoms with Crippen LogP contribution in [-0.4, -0.2) is 20.5 Å². The summed E-state index contributed by atoms with van der Waals surface area (Å²) >= 11 is 7.15. The highest BCUT2D eigenvalue weighted by Gasteiger charge is 2.29. The molecule has 0 radical (unpaired) electrons. The normalized spacial score (nSPS) is 16.4. The Kier molecular flexibility index (Phi) is 3.70. The summed E-state index contributed by atoms with van der Waals surface area (Å²) in [6, 6.07) is 0. The number of hydrogen-bond donors (Lipinski definition) is 0. The molecule has 0 aliphatic heterocycles. The molecule has 3 nitrogen and oxygen atoms in total. The maximum absolute atomic E-state index is 5.47. The van der Waals surface area contributed by atoms with Crippen molar-refractivity contribution in [2.45, 2.75) is 37.4 Å². The van der Waals surface area contributed by atoms with Gasteiger partial charge in [0.15, 0.2) is 5.16 Å². The molecule has 0 unspecified atom stereocenters. The third kappa shape index (κ3) is 2.55. The van der Waals surface area contributed by atoms with Crippen LogP contribution >= 0.6 is 23.4 Å². The van der Waals surface area contributed by atoms with E-state index in [-0.39, 0.29) is 0 Å². The van der Waals surface area contributed by atoms with Crippen molar-refractivity contribution in [2.75, 3.05) is 5.75 Å². The molecule has 1 saturated carbocycles. The van der Waals surface area contributed by atoms with Gasteiger partial charge < -0.3 is 4.57 Å². The van der Waals surface area contributed by atoms with Gasteiger partial charge in [0, 0.05) is 23.8 Å². The largest absolute Gasteiger partial charge is 0.306 e. The smallest absolute Gasteiger partial charge is 0.191 e. The summed E-state index contributed by atoms with van der Waals surface area (Å²) < 4.78 is 2.21. The molecule has 0 amide bonds. The molecule has 82 valence electrons. The van der Waals surface area contributed by atoms with Crippen LogP contribution in [0.5, 0.6) is 0 Å².